The highest BCUT2D eigenvalue weighted by Gasteiger charge is 1.99. The molecular weight excluding hydrogens is 236 g/mol. The van der Waals surface area contributed by atoms with E-state index in [2.05, 4.69) is 45.6 Å². The molecule has 1 aromatic heterocycles. The molecule has 94 valence electrons. The molecule has 4 nitrogen and oxygen atoms in total. The Bertz CT molecular complexity index is 709. The van der Waals surface area contributed by atoms with Gasteiger partial charge in [0.2, 0.25) is 0 Å². The molecular formula is C15H14N4. The second-order valence-electron chi connectivity index (χ2n) is 4.31. The van der Waals surface area contributed by atoms with Gasteiger partial charge in [0.1, 0.15) is 11.6 Å². The Labute approximate surface area is 111 Å². The summed E-state index contributed by atoms with van der Waals surface area (Å²) in [5, 5.41) is 5.74. The maximum atomic E-state index is 5.62. The van der Waals surface area contributed by atoms with Crippen LogP contribution in [0.4, 0.5) is 11.5 Å². The average Bonchev–Trinajstić information content (AvgIpc) is 2.45. The van der Waals surface area contributed by atoms with Crippen LogP contribution in [0.2, 0.25) is 0 Å². The van der Waals surface area contributed by atoms with Gasteiger partial charge in [-0.25, -0.2) is 9.97 Å². The van der Waals surface area contributed by atoms with Crippen LogP contribution in [0, 0.1) is 0 Å². The fourth-order valence-electron chi connectivity index (χ4n) is 1.98. The highest BCUT2D eigenvalue weighted by atomic mass is 15.0. The van der Waals surface area contributed by atoms with E-state index in [0.717, 1.165) is 5.69 Å². The summed E-state index contributed by atoms with van der Waals surface area (Å²) < 4.78 is 0. The van der Waals surface area contributed by atoms with Gasteiger partial charge in [0, 0.05) is 11.9 Å². The van der Waals surface area contributed by atoms with Crippen molar-refractivity contribution in [1.29, 1.82) is 0 Å². The van der Waals surface area contributed by atoms with E-state index in [1.54, 1.807) is 12.3 Å². The molecule has 0 unspecified atom stereocenters. The minimum Gasteiger partial charge on any atom is -0.384 e. The first-order valence-electron chi connectivity index (χ1n) is 6.11. The second kappa shape index (κ2) is 4.94. The number of hydrogen-bond acceptors (Lipinski definition) is 4. The molecule has 4 heteroatoms. The summed E-state index contributed by atoms with van der Waals surface area (Å²) in [6.45, 7) is 0.559. The zero-order valence-corrected chi connectivity index (χ0v) is 10.4. The van der Waals surface area contributed by atoms with Crippen molar-refractivity contribution in [2.75, 3.05) is 11.1 Å². The molecule has 19 heavy (non-hydrogen) atoms. The normalized spacial score (nSPS) is 10.5. The zero-order valence-electron chi connectivity index (χ0n) is 10.4. The number of nitrogens with one attached hydrogen (secondary N) is 1. The van der Waals surface area contributed by atoms with Crippen molar-refractivity contribution in [3.05, 3.63) is 60.6 Å². The van der Waals surface area contributed by atoms with Crippen LogP contribution < -0.4 is 11.1 Å². The molecule has 3 aromatic rings. The van der Waals surface area contributed by atoms with Gasteiger partial charge in [-0.05, 0) is 29.0 Å². The SMILES string of the molecule is Nc1ccnc(CNc2ccc3ccccc3c2)n1. The predicted octanol–water partition coefficient (Wildman–Crippen LogP) is 2.82. The second-order valence-corrected chi connectivity index (χ2v) is 4.31. The van der Waals surface area contributed by atoms with Crippen molar-refractivity contribution in [3.63, 3.8) is 0 Å². The molecule has 0 saturated carbocycles. The number of nitrogens with two attached hydrogens (primary N) is 1. The van der Waals surface area contributed by atoms with Crippen LogP contribution in [0.3, 0.4) is 0 Å². The lowest BCUT2D eigenvalue weighted by Crippen LogP contribution is -2.05. The summed E-state index contributed by atoms with van der Waals surface area (Å²) in [6, 6.07) is 16.2. The lowest BCUT2D eigenvalue weighted by molar-refractivity contribution is 0.954. The molecule has 1 heterocycles. The first kappa shape index (κ1) is 11.5. The molecule has 0 fully saturated rings. The van der Waals surface area contributed by atoms with Crippen LogP contribution in [0.25, 0.3) is 10.8 Å². The van der Waals surface area contributed by atoms with Crippen LogP contribution in [0.15, 0.2) is 54.7 Å². The highest BCUT2D eigenvalue weighted by Crippen LogP contribution is 2.19. The van der Waals surface area contributed by atoms with Crippen LogP contribution >= 0.6 is 0 Å². The summed E-state index contributed by atoms with van der Waals surface area (Å²) in [5.74, 6) is 1.18. The summed E-state index contributed by atoms with van der Waals surface area (Å²) in [6.07, 6.45) is 1.67. The smallest absolute Gasteiger partial charge is 0.149 e. The Morgan fingerprint density at radius 1 is 1.00 bits per heavy atom. The van der Waals surface area contributed by atoms with E-state index in [1.807, 2.05) is 12.1 Å². The van der Waals surface area contributed by atoms with Crippen molar-refractivity contribution < 1.29 is 0 Å². The lowest BCUT2D eigenvalue weighted by Gasteiger charge is -2.07. The van der Waals surface area contributed by atoms with Gasteiger partial charge in [-0.3, -0.25) is 0 Å². The number of nitrogen functional groups attached to an aromatic ring is 1. The number of benzene rings is 2. The molecule has 0 amide bonds. The lowest BCUT2D eigenvalue weighted by atomic mass is 10.1. The standard InChI is InChI=1S/C15H14N4/c16-14-7-8-17-15(19-14)10-18-13-6-5-11-3-1-2-4-12(11)9-13/h1-9,18H,10H2,(H2,16,17,19). The van der Waals surface area contributed by atoms with E-state index >= 15 is 0 Å². The number of aromatic nitrogens is 2. The van der Waals surface area contributed by atoms with Crippen molar-refractivity contribution >= 4 is 22.3 Å². The van der Waals surface area contributed by atoms with Gasteiger partial charge in [-0.15, -0.1) is 0 Å². The van der Waals surface area contributed by atoms with E-state index in [9.17, 15) is 0 Å². The van der Waals surface area contributed by atoms with Crippen LogP contribution in [0.1, 0.15) is 5.82 Å². The molecule has 0 atom stereocenters. The molecule has 3 N–H and O–H groups in total. The average molecular weight is 250 g/mol. The predicted molar refractivity (Wildman–Crippen MR) is 77.7 cm³/mol. The minimum absolute atomic E-state index is 0.491. The zero-order chi connectivity index (χ0) is 13.1. The Hall–Kier alpha value is -2.62. The number of anilines is 2. The Balaban J connectivity index is 1.78. The van der Waals surface area contributed by atoms with Crippen LogP contribution in [-0.4, -0.2) is 9.97 Å². The van der Waals surface area contributed by atoms with Crippen LogP contribution in [0.5, 0.6) is 0 Å². The third-order valence-electron chi connectivity index (χ3n) is 2.93. The summed E-state index contributed by atoms with van der Waals surface area (Å²) in [4.78, 5) is 8.32. The highest BCUT2D eigenvalue weighted by molar-refractivity contribution is 5.85. The van der Waals surface area contributed by atoms with Crippen molar-refractivity contribution in [1.82, 2.24) is 9.97 Å². The van der Waals surface area contributed by atoms with Gasteiger partial charge in [0.15, 0.2) is 0 Å². The fourth-order valence-corrected chi connectivity index (χ4v) is 1.98. The number of rotatable bonds is 3. The molecule has 3 rings (SSSR count). The van der Waals surface area contributed by atoms with E-state index in [4.69, 9.17) is 5.73 Å². The maximum Gasteiger partial charge on any atom is 0.149 e. The summed E-state index contributed by atoms with van der Waals surface area (Å²) in [5.41, 5.74) is 6.67. The molecule has 2 aromatic carbocycles. The molecule has 0 saturated heterocycles. The van der Waals surface area contributed by atoms with E-state index in [1.165, 1.54) is 10.8 Å². The van der Waals surface area contributed by atoms with Crippen LogP contribution in [-0.2, 0) is 6.54 Å². The van der Waals surface area contributed by atoms with Gasteiger partial charge in [0.05, 0.1) is 6.54 Å². The van der Waals surface area contributed by atoms with Crippen molar-refractivity contribution in [3.8, 4) is 0 Å². The fraction of sp³-hybridized carbons (Fsp3) is 0.0667. The van der Waals surface area contributed by atoms with Crippen molar-refractivity contribution in [2.24, 2.45) is 0 Å². The molecule has 0 radical (unpaired) electrons. The molecule has 0 aliphatic rings. The Morgan fingerprint density at radius 2 is 1.84 bits per heavy atom. The third-order valence-corrected chi connectivity index (χ3v) is 2.93. The van der Waals surface area contributed by atoms with E-state index in [-0.39, 0.29) is 0 Å². The number of fused-ring (bicyclic) bond motifs is 1. The first-order chi connectivity index (χ1) is 9.31. The monoisotopic (exact) mass is 250 g/mol. The molecule has 0 aliphatic carbocycles. The topological polar surface area (TPSA) is 63.8 Å². The Kier molecular flexibility index (Phi) is 2.98. The van der Waals surface area contributed by atoms with Gasteiger partial charge in [-0.1, -0.05) is 30.3 Å². The van der Waals surface area contributed by atoms with Gasteiger partial charge >= 0.3 is 0 Å². The number of nitrogens with zero attached hydrogens (tertiary/aromatic N) is 2. The van der Waals surface area contributed by atoms with Gasteiger partial charge in [0.25, 0.3) is 0 Å². The maximum absolute atomic E-state index is 5.62. The summed E-state index contributed by atoms with van der Waals surface area (Å²) >= 11 is 0. The molecule has 0 bridgehead atoms. The molecule has 0 spiro atoms. The third kappa shape index (κ3) is 2.63. The molecule has 0 aliphatic heterocycles. The first-order valence-corrected chi connectivity index (χ1v) is 6.11. The Morgan fingerprint density at radius 3 is 2.68 bits per heavy atom. The van der Waals surface area contributed by atoms with Crippen molar-refractivity contribution in [2.45, 2.75) is 6.54 Å². The quantitative estimate of drug-likeness (QED) is 0.750. The van der Waals surface area contributed by atoms with Gasteiger partial charge < -0.3 is 11.1 Å². The van der Waals surface area contributed by atoms with E-state index < -0.39 is 0 Å². The minimum atomic E-state index is 0.491. The van der Waals surface area contributed by atoms with E-state index in [0.29, 0.717) is 18.2 Å². The summed E-state index contributed by atoms with van der Waals surface area (Å²) in [7, 11) is 0. The van der Waals surface area contributed by atoms with Gasteiger partial charge in [-0.2, -0.15) is 0 Å². The number of hydrogen-bond donors (Lipinski definition) is 2. The largest absolute Gasteiger partial charge is 0.384 e.